The maximum atomic E-state index is 12.7. The van der Waals surface area contributed by atoms with Gasteiger partial charge >= 0.3 is 0 Å². The molecule has 1 amide bonds. The van der Waals surface area contributed by atoms with Gasteiger partial charge in [-0.05, 0) is 62.9 Å². The van der Waals surface area contributed by atoms with Crippen molar-refractivity contribution in [2.45, 2.75) is 64.5 Å². The topological polar surface area (TPSA) is 75.4 Å². The van der Waals surface area contributed by atoms with Crippen molar-refractivity contribution in [2.75, 3.05) is 19.6 Å². The highest BCUT2D eigenvalue weighted by molar-refractivity contribution is 5.81. The Morgan fingerprint density at radius 2 is 1.82 bits per heavy atom. The molecular formula is C26H33N5O2. The summed E-state index contributed by atoms with van der Waals surface area (Å²) in [5.74, 6) is 1.80. The quantitative estimate of drug-likeness (QED) is 0.564. The number of carbonyl (C=O) groups excluding carboxylic acids is 1. The zero-order valence-electron chi connectivity index (χ0n) is 19.6. The smallest absolute Gasteiger partial charge is 0.238 e. The number of hydrogen-bond donors (Lipinski definition) is 0. The highest BCUT2D eigenvalue weighted by Crippen LogP contribution is 2.34. The first kappa shape index (κ1) is 22.0. The van der Waals surface area contributed by atoms with Crippen LogP contribution in [0.25, 0.3) is 10.9 Å². The van der Waals surface area contributed by atoms with Crippen molar-refractivity contribution in [3.05, 3.63) is 53.9 Å². The van der Waals surface area contributed by atoms with Gasteiger partial charge in [0, 0.05) is 36.5 Å². The van der Waals surface area contributed by atoms with E-state index < -0.39 is 0 Å². The Bertz CT molecular complexity index is 1100. The van der Waals surface area contributed by atoms with Gasteiger partial charge in [0.05, 0.1) is 5.52 Å². The molecule has 1 aromatic carbocycles. The average Bonchev–Trinajstić information content (AvgIpc) is 3.34. The fraction of sp³-hybridized carbons (Fsp3) is 0.538. The van der Waals surface area contributed by atoms with E-state index in [1.54, 1.807) is 0 Å². The van der Waals surface area contributed by atoms with Crippen molar-refractivity contribution in [3.8, 4) is 0 Å². The van der Waals surface area contributed by atoms with Gasteiger partial charge in [-0.3, -0.25) is 14.7 Å². The van der Waals surface area contributed by atoms with Gasteiger partial charge in [-0.15, -0.1) is 10.2 Å². The Labute approximate surface area is 195 Å². The van der Waals surface area contributed by atoms with Gasteiger partial charge < -0.3 is 9.32 Å². The molecule has 0 bridgehead atoms. The van der Waals surface area contributed by atoms with Crippen molar-refractivity contribution >= 4 is 16.8 Å². The number of aromatic nitrogens is 3. The van der Waals surface area contributed by atoms with Crippen molar-refractivity contribution < 1.29 is 9.21 Å². The van der Waals surface area contributed by atoms with Crippen LogP contribution in [0.4, 0.5) is 0 Å². The van der Waals surface area contributed by atoms with E-state index in [1.165, 1.54) is 10.9 Å². The Morgan fingerprint density at radius 1 is 1.03 bits per heavy atom. The number of rotatable bonds is 5. The summed E-state index contributed by atoms with van der Waals surface area (Å²) in [7, 11) is 0. The monoisotopic (exact) mass is 447 g/mol. The zero-order chi connectivity index (χ0) is 22.8. The minimum absolute atomic E-state index is 0.0187. The Morgan fingerprint density at radius 3 is 2.64 bits per heavy atom. The third kappa shape index (κ3) is 4.64. The molecule has 7 heteroatoms. The molecule has 33 heavy (non-hydrogen) atoms. The van der Waals surface area contributed by atoms with Gasteiger partial charge in [-0.1, -0.05) is 32.0 Å². The minimum atomic E-state index is -0.0741. The highest BCUT2D eigenvalue weighted by Gasteiger charge is 2.34. The number of benzene rings is 1. The molecule has 0 spiro atoms. The average molecular weight is 448 g/mol. The standard InChI is InChI=1S/C26H33N5O2/c1-18(2)26(32)31-14-6-5-9-23(31)25-29-28-24(33-25)19-11-15-30(16-12-19)17-20-10-13-27-22-8-4-3-7-21(20)22/h3-4,7-8,10,13,18-19,23H,5-6,9,11-12,14-17H2,1-2H3/t23-/m0/s1. The molecule has 2 aliphatic heterocycles. The van der Waals surface area contributed by atoms with Crippen molar-refractivity contribution in [1.29, 1.82) is 0 Å². The molecule has 4 heterocycles. The number of amides is 1. The normalized spacial score (nSPS) is 20.6. The van der Waals surface area contributed by atoms with Crippen molar-refractivity contribution in [3.63, 3.8) is 0 Å². The number of piperidine rings is 2. The first-order chi connectivity index (χ1) is 16.1. The van der Waals surface area contributed by atoms with Crippen LogP contribution >= 0.6 is 0 Å². The minimum Gasteiger partial charge on any atom is -0.423 e. The molecule has 0 aliphatic carbocycles. The fourth-order valence-corrected chi connectivity index (χ4v) is 5.20. The number of likely N-dealkylation sites (tertiary alicyclic amines) is 2. The number of carbonyl (C=O) groups is 1. The Hall–Kier alpha value is -2.80. The zero-order valence-corrected chi connectivity index (χ0v) is 19.6. The molecule has 1 atom stereocenters. The molecule has 174 valence electrons. The van der Waals surface area contributed by atoms with Gasteiger partial charge in [0.1, 0.15) is 6.04 Å². The molecule has 2 aliphatic rings. The van der Waals surface area contributed by atoms with E-state index in [9.17, 15) is 4.79 Å². The largest absolute Gasteiger partial charge is 0.423 e. The van der Waals surface area contributed by atoms with Gasteiger partial charge in [-0.25, -0.2) is 0 Å². The van der Waals surface area contributed by atoms with E-state index in [4.69, 9.17) is 4.42 Å². The van der Waals surface area contributed by atoms with Crippen LogP contribution in [0.15, 0.2) is 40.9 Å². The van der Waals surface area contributed by atoms with Crippen molar-refractivity contribution in [2.24, 2.45) is 5.92 Å². The van der Waals surface area contributed by atoms with E-state index in [0.29, 0.717) is 5.89 Å². The maximum absolute atomic E-state index is 12.7. The number of pyridine rings is 1. The number of nitrogens with zero attached hydrogens (tertiary/aromatic N) is 5. The second-order valence-electron chi connectivity index (χ2n) is 9.71. The SMILES string of the molecule is CC(C)C(=O)N1CCCC[C@H]1c1nnc(C2CCN(Cc3ccnc4ccccc34)CC2)o1. The van der Waals surface area contributed by atoms with Crippen molar-refractivity contribution in [1.82, 2.24) is 25.0 Å². The summed E-state index contributed by atoms with van der Waals surface area (Å²) >= 11 is 0. The summed E-state index contributed by atoms with van der Waals surface area (Å²) < 4.78 is 6.19. The summed E-state index contributed by atoms with van der Waals surface area (Å²) in [6.45, 7) is 7.62. The molecule has 2 saturated heterocycles. The van der Waals surface area contributed by atoms with Gasteiger partial charge in [0.25, 0.3) is 0 Å². The van der Waals surface area contributed by atoms with Crippen LogP contribution in [0.5, 0.6) is 0 Å². The summed E-state index contributed by atoms with van der Waals surface area (Å²) in [5.41, 5.74) is 2.38. The lowest BCUT2D eigenvalue weighted by Crippen LogP contribution is -2.40. The molecule has 7 nitrogen and oxygen atoms in total. The lowest BCUT2D eigenvalue weighted by atomic mass is 9.96. The van der Waals surface area contributed by atoms with E-state index in [1.807, 2.05) is 31.0 Å². The van der Waals surface area contributed by atoms with E-state index in [-0.39, 0.29) is 23.8 Å². The molecule has 2 aromatic heterocycles. The first-order valence-corrected chi connectivity index (χ1v) is 12.3. The fourth-order valence-electron chi connectivity index (χ4n) is 5.20. The maximum Gasteiger partial charge on any atom is 0.238 e. The van der Waals surface area contributed by atoms with Gasteiger partial charge in [0.2, 0.25) is 17.7 Å². The van der Waals surface area contributed by atoms with E-state index in [0.717, 1.165) is 69.7 Å². The summed E-state index contributed by atoms with van der Waals surface area (Å²) in [5, 5.41) is 10.1. The van der Waals surface area contributed by atoms with Crippen LogP contribution in [0.1, 0.15) is 75.3 Å². The highest BCUT2D eigenvalue weighted by atomic mass is 16.4. The number of fused-ring (bicyclic) bond motifs is 1. The Kier molecular flexibility index (Phi) is 6.40. The van der Waals surface area contributed by atoms with Crippen LogP contribution in [0.2, 0.25) is 0 Å². The number of hydrogen-bond acceptors (Lipinski definition) is 6. The molecule has 0 N–H and O–H groups in total. The summed E-state index contributed by atoms with van der Waals surface area (Å²) in [6.07, 6.45) is 6.95. The molecule has 2 fully saturated rings. The molecule has 3 aromatic rings. The molecule has 0 radical (unpaired) electrons. The van der Waals surface area contributed by atoms with Gasteiger partial charge in [-0.2, -0.15) is 0 Å². The van der Waals surface area contributed by atoms with Crippen LogP contribution < -0.4 is 0 Å². The molecular weight excluding hydrogens is 414 g/mol. The molecule has 5 rings (SSSR count). The van der Waals surface area contributed by atoms with Gasteiger partial charge in [0.15, 0.2) is 0 Å². The van der Waals surface area contributed by atoms with E-state index >= 15 is 0 Å². The lowest BCUT2D eigenvalue weighted by Gasteiger charge is -2.34. The van der Waals surface area contributed by atoms with Crippen LogP contribution in [-0.4, -0.2) is 50.5 Å². The second kappa shape index (κ2) is 9.59. The third-order valence-corrected chi connectivity index (χ3v) is 7.09. The summed E-state index contributed by atoms with van der Waals surface area (Å²) in [6, 6.07) is 10.4. The first-order valence-electron chi connectivity index (χ1n) is 12.3. The van der Waals surface area contributed by atoms with Crippen LogP contribution in [0, 0.1) is 5.92 Å². The van der Waals surface area contributed by atoms with Crippen LogP contribution in [0.3, 0.4) is 0 Å². The lowest BCUT2D eigenvalue weighted by molar-refractivity contribution is -0.139. The Balaban J connectivity index is 1.22. The number of para-hydroxylation sites is 1. The summed E-state index contributed by atoms with van der Waals surface area (Å²) in [4.78, 5) is 21.6. The third-order valence-electron chi connectivity index (χ3n) is 7.09. The molecule has 0 unspecified atom stereocenters. The second-order valence-corrected chi connectivity index (χ2v) is 9.71. The molecule has 0 saturated carbocycles. The van der Waals surface area contributed by atoms with E-state index in [2.05, 4.69) is 44.3 Å². The van der Waals surface area contributed by atoms with Crippen LogP contribution in [-0.2, 0) is 11.3 Å². The predicted octanol–water partition coefficient (Wildman–Crippen LogP) is 4.71. The predicted molar refractivity (Wildman–Crippen MR) is 126 cm³/mol.